The van der Waals surface area contributed by atoms with Gasteiger partial charge < -0.3 is 9.30 Å². The van der Waals surface area contributed by atoms with Gasteiger partial charge in [-0.15, -0.1) is 6.58 Å². The van der Waals surface area contributed by atoms with E-state index < -0.39 is 10.8 Å². The third-order valence-corrected chi connectivity index (χ3v) is 4.84. The molecule has 3 aromatic rings. The summed E-state index contributed by atoms with van der Waals surface area (Å²) in [5.74, 6) is 0.254. The highest BCUT2D eigenvalue weighted by Gasteiger charge is 2.13. The van der Waals surface area contributed by atoms with Crippen LogP contribution in [0.15, 0.2) is 60.1 Å². The van der Waals surface area contributed by atoms with Crippen molar-refractivity contribution in [3.8, 4) is 5.75 Å². The second kappa shape index (κ2) is 7.96. The first-order valence-corrected chi connectivity index (χ1v) is 9.06. The van der Waals surface area contributed by atoms with E-state index in [0.29, 0.717) is 18.0 Å². The lowest BCUT2D eigenvalue weighted by molar-refractivity contribution is -0.384. The lowest BCUT2D eigenvalue weighted by Gasteiger charge is -2.07. The predicted octanol–water partition coefficient (Wildman–Crippen LogP) is 3.94. The summed E-state index contributed by atoms with van der Waals surface area (Å²) in [7, 11) is 0. The maximum absolute atomic E-state index is 12.5. The summed E-state index contributed by atoms with van der Waals surface area (Å²) in [5, 5.41) is 10.7. The predicted molar refractivity (Wildman–Crippen MR) is 104 cm³/mol. The molecule has 0 atom stereocenters. The van der Waals surface area contributed by atoms with Gasteiger partial charge in [-0.1, -0.05) is 23.5 Å². The fourth-order valence-electron chi connectivity index (χ4n) is 2.63. The Kier molecular flexibility index (Phi) is 5.46. The number of ether oxygens (including phenoxy) is 1. The number of fused-ring (bicyclic) bond motifs is 1. The van der Waals surface area contributed by atoms with Crippen LogP contribution in [0.5, 0.6) is 5.75 Å². The third kappa shape index (κ3) is 3.80. The average molecular weight is 383 g/mol. The van der Waals surface area contributed by atoms with Gasteiger partial charge in [-0.05, 0) is 31.2 Å². The van der Waals surface area contributed by atoms with Crippen LogP contribution in [0, 0.1) is 10.1 Å². The Balaban J connectivity index is 2.10. The highest BCUT2D eigenvalue weighted by molar-refractivity contribution is 7.16. The number of hydrogen-bond donors (Lipinski definition) is 0. The molecular formula is C19H17N3O4S. The number of non-ortho nitro benzene ring substituents is 1. The molecule has 2 aromatic carbocycles. The molecule has 7 nitrogen and oxygen atoms in total. The number of carbonyl (C=O) groups excluding carboxylic acids is 1. The number of hydrogen-bond acceptors (Lipinski definition) is 5. The van der Waals surface area contributed by atoms with E-state index in [4.69, 9.17) is 4.74 Å². The summed E-state index contributed by atoms with van der Waals surface area (Å²) in [6, 6.07) is 11.1. The number of carbonyl (C=O) groups is 1. The van der Waals surface area contributed by atoms with Crippen molar-refractivity contribution in [1.29, 1.82) is 0 Å². The Hall–Kier alpha value is -3.26. The molecule has 0 aliphatic heterocycles. The highest BCUT2D eigenvalue weighted by Crippen LogP contribution is 2.27. The monoisotopic (exact) mass is 383 g/mol. The molecule has 0 N–H and O–H groups in total. The topological polar surface area (TPSA) is 86.7 Å². The summed E-state index contributed by atoms with van der Waals surface area (Å²) in [4.78, 5) is 27.5. The number of thiazole rings is 1. The van der Waals surface area contributed by atoms with Crippen LogP contribution < -0.4 is 9.54 Å². The molecule has 138 valence electrons. The van der Waals surface area contributed by atoms with Crippen molar-refractivity contribution in [3.05, 3.63) is 75.6 Å². The molecule has 0 fully saturated rings. The van der Waals surface area contributed by atoms with Gasteiger partial charge in [0, 0.05) is 24.2 Å². The molecule has 8 heteroatoms. The van der Waals surface area contributed by atoms with E-state index in [9.17, 15) is 14.9 Å². The van der Waals surface area contributed by atoms with Gasteiger partial charge in [0.15, 0.2) is 4.80 Å². The number of rotatable bonds is 6. The minimum absolute atomic E-state index is 0.0727. The second-order valence-electron chi connectivity index (χ2n) is 5.54. The Bertz CT molecular complexity index is 1080. The number of amides is 1. The molecule has 0 aliphatic carbocycles. The average Bonchev–Trinajstić information content (AvgIpc) is 3.00. The zero-order chi connectivity index (χ0) is 19.4. The smallest absolute Gasteiger partial charge is 0.279 e. The first-order chi connectivity index (χ1) is 13.0. The summed E-state index contributed by atoms with van der Waals surface area (Å²) in [6.45, 7) is 6.68. The molecular weight excluding hydrogens is 366 g/mol. The summed E-state index contributed by atoms with van der Waals surface area (Å²) >= 11 is 1.37. The summed E-state index contributed by atoms with van der Waals surface area (Å²) in [6.07, 6.45) is 1.73. The van der Waals surface area contributed by atoms with E-state index in [0.717, 1.165) is 16.0 Å². The van der Waals surface area contributed by atoms with Crippen molar-refractivity contribution in [2.45, 2.75) is 13.5 Å². The largest absolute Gasteiger partial charge is 0.492 e. The van der Waals surface area contributed by atoms with Gasteiger partial charge in [-0.2, -0.15) is 4.99 Å². The number of para-hydroxylation sites is 1. The van der Waals surface area contributed by atoms with Crippen LogP contribution in [-0.2, 0) is 6.54 Å². The normalized spacial score (nSPS) is 11.5. The molecule has 1 heterocycles. The number of aromatic nitrogens is 1. The van der Waals surface area contributed by atoms with Crippen LogP contribution >= 0.6 is 11.3 Å². The molecule has 27 heavy (non-hydrogen) atoms. The Morgan fingerprint density at radius 2 is 2.07 bits per heavy atom. The SMILES string of the molecule is C=CCn1c(=NC(=O)c2ccc([N+](=O)[O-])cc2)sc2cccc(OCC)c21. The van der Waals surface area contributed by atoms with Crippen LogP contribution in [-0.4, -0.2) is 22.0 Å². The number of nitro groups is 1. The quantitative estimate of drug-likeness (QED) is 0.366. The van der Waals surface area contributed by atoms with Crippen molar-refractivity contribution in [2.24, 2.45) is 4.99 Å². The third-order valence-electron chi connectivity index (χ3n) is 3.80. The maximum atomic E-state index is 12.5. The van der Waals surface area contributed by atoms with Gasteiger partial charge >= 0.3 is 0 Å². The molecule has 0 radical (unpaired) electrons. The molecule has 3 rings (SSSR count). The molecule has 1 aromatic heterocycles. The minimum Gasteiger partial charge on any atom is -0.492 e. The zero-order valence-electron chi connectivity index (χ0n) is 14.6. The lowest BCUT2D eigenvalue weighted by Crippen LogP contribution is -2.16. The molecule has 0 bridgehead atoms. The standard InChI is InChI=1S/C19H17N3O4S/c1-3-12-21-17-15(26-4-2)6-5-7-16(17)27-19(21)20-18(23)13-8-10-14(11-9-13)22(24)25/h3,5-11H,1,4,12H2,2H3. The van der Waals surface area contributed by atoms with Crippen LogP contribution in [0.3, 0.4) is 0 Å². The van der Waals surface area contributed by atoms with Crippen molar-refractivity contribution in [3.63, 3.8) is 0 Å². The first kappa shape index (κ1) is 18.5. The summed E-state index contributed by atoms with van der Waals surface area (Å²) < 4.78 is 8.52. The maximum Gasteiger partial charge on any atom is 0.279 e. The fourth-order valence-corrected chi connectivity index (χ4v) is 3.69. The van der Waals surface area contributed by atoms with E-state index in [-0.39, 0.29) is 11.3 Å². The zero-order valence-corrected chi connectivity index (χ0v) is 15.4. The van der Waals surface area contributed by atoms with Crippen LogP contribution in [0.4, 0.5) is 5.69 Å². The number of benzene rings is 2. The molecule has 1 amide bonds. The molecule has 0 aliphatic rings. The van der Waals surface area contributed by atoms with Crippen LogP contribution in [0.25, 0.3) is 10.2 Å². The van der Waals surface area contributed by atoms with Gasteiger partial charge in [-0.25, -0.2) is 0 Å². The van der Waals surface area contributed by atoms with E-state index in [1.165, 1.54) is 35.6 Å². The van der Waals surface area contributed by atoms with Crippen LogP contribution in [0.1, 0.15) is 17.3 Å². The molecule has 0 saturated carbocycles. The van der Waals surface area contributed by atoms with Gasteiger partial charge in [-0.3, -0.25) is 14.9 Å². The van der Waals surface area contributed by atoms with Crippen molar-refractivity contribution >= 4 is 33.1 Å². The first-order valence-electron chi connectivity index (χ1n) is 8.24. The lowest BCUT2D eigenvalue weighted by atomic mass is 10.2. The van der Waals surface area contributed by atoms with Crippen LogP contribution in [0.2, 0.25) is 0 Å². The number of nitro benzene ring substituents is 1. The Morgan fingerprint density at radius 1 is 1.33 bits per heavy atom. The van der Waals surface area contributed by atoms with E-state index >= 15 is 0 Å². The van der Waals surface area contributed by atoms with Gasteiger partial charge in [0.05, 0.1) is 16.2 Å². The van der Waals surface area contributed by atoms with E-state index in [1.807, 2.05) is 29.7 Å². The molecule has 0 unspecified atom stereocenters. The van der Waals surface area contributed by atoms with Gasteiger partial charge in [0.25, 0.3) is 11.6 Å². The Morgan fingerprint density at radius 3 is 2.70 bits per heavy atom. The fraction of sp³-hybridized carbons (Fsp3) is 0.158. The number of nitrogens with zero attached hydrogens (tertiary/aromatic N) is 3. The van der Waals surface area contributed by atoms with Gasteiger partial charge in [0.1, 0.15) is 11.3 Å². The second-order valence-corrected chi connectivity index (χ2v) is 6.55. The van der Waals surface area contributed by atoms with Gasteiger partial charge in [0.2, 0.25) is 0 Å². The van der Waals surface area contributed by atoms with Crippen molar-refractivity contribution in [2.75, 3.05) is 6.61 Å². The van der Waals surface area contributed by atoms with Crippen molar-refractivity contribution < 1.29 is 14.5 Å². The minimum atomic E-state index is -0.509. The summed E-state index contributed by atoms with van der Waals surface area (Å²) in [5.41, 5.74) is 1.07. The highest BCUT2D eigenvalue weighted by atomic mass is 32.1. The molecule has 0 saturated heterocycles. The van der Waals surface area contributed by atoms with Crippen molar-refractivity contribution in [1.82, 2.24) is 4.57 Å². The molecule has 0 spiro atoms. The number of allylic oxidation sites excluding steroid dienone is 1. The van der Waals surface area contributed by atoms with E-state index in [1.54, 1.807) is 6.08 Å². The Labute approximate surface area is 159 Å². The van der Waals surface area contributed by atoms with E-state index in [2.05, 4.69) is 11.6 Å².